The fourth-order valence-corrected chi connectivity index (χ4v) is 6.53. The lowest BCUT2D eigenvalue weighted by atomic mass is 9.95. The highest BCUT2D eigenvalue weighted by molar-refractivity contribution is 7.92. The number of nitrogens with zero attached hydrogens (tertiary/aromatic N) is 1. The summed E-state index contributed by atoms with van der Waals surface area (Å²) in [5.74, 6) is 0.857. The van der Waals surface area contributed by atoms with Gasteiger partial charge in [0, 0.05) is 11.1 Å². The Kier molecular flexibility index (Phi) is 5.78. The first-order valence-electron chi connectivity index (χ1n) is 9.67. The summed E-state index contributed by atoms with van der Waals surface area (Å²) in [6.45, 7) is -0.341. The van der Waals surface area contributed by atoms with Gasteiger partial charge in [0.1, 0.15) is 6.54 Å². The van der Waals surface area contributed by atoms with Crippen molar-refractivity contribution in [2.45, 2.75) is 36.6 Å². The average molecular weight is 453 g/mol. The molecule has 1 N–H and O–H groups in total. The number of hydrogen-bond donors (Lipinski definition) is 1. The van der Waals surface area contributed by atoms with Crippen molar-refractivity contribution in [2.24, 2.45) is 11.8 Å². The number of benzene rings is 2. The van der Waals surface area contributed by atoms with E-state index in [1.165, 1.54) is 30.7 Å². The largest absolute Gasteiger partial charge is 0.352 e. The molecule has 4 rings (SSSR count). The predicted molar refractivity (Wildman–Crippen MR) is 115 cm³/mol. The molecule has 0 heterocycles. The Hall–Kier alpha value is -1.76. The third kappa shape index (κ3) is 4.25. The van der Waals surface area contributed by atoms with Gasteiger partial charge in [-0.3, -0.25) is 9.10 Å². The summed E-state index contributed by atoms with van der Waals surface area (Å²) in [5, 5.41) is 3.61. The molecule has 0 aliphatic heterocycles. The van der Waals surface area contributed by atoms with Crippen LogP contribution in [0.25, 0.3) is 0 Å². The quantitative estimate of drug-likeness (QED) is 0.701. The maximum absolute atomic E-state index is 13.3. The van der Waals surface area contributed by atoms with Crippen LogP contribution in [-0.4, -0.2) is 26.9 Å². The van der Waals surface area contributed by atoms with Crippen LogP contribution in [0.15, 0.2) is 53.4 Å². The van der Waals surface area contributed by atoms with E-state index in [9.17, 15) is 13.2 Å². The van der Waals surface area contributed by atoms with Gasteiger partial charge in [0.25, 0.3) is 10.0 Å². The molecule has 154 valence electrons. The van der Waals surface area contributed by atoms with E-state index in [1.807, 2.05) is 0 Å². The first-order valence-corrected chi connectivity index (χ1v) is 11.9. The number of hydrogen-bond acceptors (Lipinski definition) is 3. The van der Waals surface area contributed by atoms with Crippen molar-refractivity contribution in [3.63, 3.8) is 0 Å². The fourth-order valence-electron chi connectivity index (χ4n) is 4.51. The van der Waals surface area contributed by atoms with Crippen LogP contribution in [0.3, 0.4) is 0 Å². The summed E-state index contributed by atoms with van der Waals surface area (Å²) in [4.78, 5) is 12.9. The van der Waals surface area contributed by atoms with E-state index in [-0.39, 0.29) is 34.1 Å². The molecular formula is C21H22Cl2N2O3S. The standard InChI is InChI=1S/C21H22Cl2N2O3S/c22-16-8-9-20(18(23)12-16)25(29(27,28)17-4-2-1-3-5-17)13-21(26)24-19-11-14-6-7-15(19)10-14/h1-5,8-9,12,14-15,19H,6-7,10-11,13H2,(H,24,26)/t14-,15-,19-/m0/s1. The number of halogens is 2. The van der Waals surface area contributed by atoms with Gasteiger partial charge in [-0.25, -0.2) is 8.42 Å². The molecule has 0 spiro atoms. The number of sulfonamides is 1. The summed E-state index contributed by atoms with van der Waals surface area (Å²) < 4.78 is 27.7. The number of amides is 1. The van der Waals surface area contributed by atoms with Crippen molar-refractivity contribution in [2.75, 3.05) is 10.8 Å². The molecule has 0 aromatic heterocycles. The zero-order chi connectivity index (χ0) is 20.6. The molecular weight excluding hydrogens is 431 g/mol. The van der Waals surface area contributed by atoms with Crippen molar-refractivity contribution >= 4 is 44.8 Å². The van der Waals surface area contributed by atoms with E-state index < -0.39 is 10.0 Å². The Morgan fingerprint density at radius 2 is 1.83 bits per heavy atom. The highest BCUT2D eigenvalue weighted by atomic mass is 35.5. The van der Waals surface area contributed by atoms with Crippen LogP contribution in [0.4, 0.5) is 5.69 Å². The molecule has 2 aromatic rings. The minimum atomic E-state index is -3.98. The Labute approximate surface area is 181 Å². The Balaban J connectivity index is 1.62. The first-order chi connectivity index (χ1) is 13.8. The SMILES string of the molecule is O=C(CN(c1ccc(Cl)cc1Cl)S(=O)(=O)c1ccccc1)N[C@H]1C[C@H]2CC[C@H]1C2. The van der Waals surface area contributed by atoms with Gasteiger partial charge in [0.05, 0.1) is 15.6 Å². The van der Waals surface area contributed by atoms with Crippen LogP contribution in [-0.2, 0) is 14.8 Å². The Bertz CT molecular complexity index is 1010. The van der Waals surface area contributed by atoms with Crippen molar-refractivity contribution in [1.29, 1.82) is 0 Å². The van der Waals surface area contributed by atoms with Gasteiger partial charge < -0.3 is 5.32 Å². The van der Waals surface area contributed by atoms with Gasteiger partial charge >= 0.3 is 0 Å². The lowest BCUT2D eigenvalue weighted by Crippen LogP contribution is -2.46. The third-order valence-corrected chi connectivity index (χ3v) is 8.19. The molecule has 3 atom stereocenters. The first kappa shape index (κ1) is 20.5. The van der Waals surface area contributed by atoms with E-state index in [0.29, 0.717) is 16.9 Å². The van der Waals surface area contributed by atoms with Crippen LogP contribution in [0.1, 0.15) is 25.7 Å². The van der Waals surface area contributed by atoms with Gasteiger partial charge in [0.2, 0.25) is 5.91 Å². The second-order valence-electron chi connectivity index (χ2n) is 7.77. The highest BCUT2D eigenvalue weighted by Gasteiger charge is 2.40. The summed E-state index contributed by atoms with van der Waals surface area (Å²) >= 11 is 12.3. The second kappa shape index (κ2) is 8.17. The zero-order valence-electron chi connectivity index (χ0n) is 15.7. The third-order valence-electron chi connectivity index (χ3n) is 5.88. The Morgan fingerprint density at radius 1 is 1.07 bits per heavy atom. The van der Waals surface area contributed by atoms with E-state index in [2.05, 4.69) is 5.32 Å². The lowest BCUT2D eigenvalue weighted by molar-refractivity contribution is -0.120. The van der Waals surface area contributed by atoms with Gasteiger partial charge in [-0.1, -0.05) is 47.8 Å². The van der Waals surface area contributed by atoms with Crippen LogP contribution in [0.5, 0.6) is 0 Å². The molecule has 2 aliphatic rings. The summed E-state index contributed by atoms with van der Waals surface area (Å²) in [6, 6.07) is 12.7. The molecule has 0 radical (unpaired) electrons. The Morgan fingerprint density at radius 3 is 2.45 bits per heavy atom. The number of carbonyl (C=O) groups excluding carboxylic acids is 1. The van der Waals surface area contributed by atoms with E-state index >= 15 is 0 Å². The molecule has 5 nitrogen and oxygen atoms in total. The van der Waals surface area contributed by atoms with E-state index in [0.717, 1.165) is 23.6 Å². The zero-order valence-corrected chi connectivity index (χ0v) is 18.1. The number of anilines is 1. The van der Waals surface area contributed by atoms with Crippen molar-refractivity contribution in [3.8, 4) is 0 Å². The lowest BCUT2D eigenvalue weighted by Gasteiger charge is -2.27. The summed E-state index contributed by atoms with van der Waals surface area (Å²) in [6.07, 6.45) is 4.49. The predicted octanol–water partition coefficient (Wildman–Crippen LogP) is 4.49. The molecule has 2 bridgehead atoms. The molecule has 0 saturated heterocycles. The molecule has 29 heavy (non-hydrogen) atoms. The van der Waals surface area contributed by atoms with Crippen LogP contribution >= 0.6 is 23.2 Å². The number of carbonyl (C=O) groups is 1. The van der Waals surface area contributed by atoms with Gasteiger partial charge in [-0.05, 0) is 61.4 Å². The number of nitrogens with one attached hydrogen (secondary N) is 1. The molecule has 2 aliphatic carbocycles. The van der Waals surface area contributed by atoms with E-state index in [4.69, 9.17) is 23.2 Å². The van der Waals surface area contributed by atoms with E-state index in [1.54, 1.807) is 24.3 Å². The number of fused-ring (bicyclic) bond motifs is 2. The van der Waals surface area contributed by atoms with Crippen molar-refractivity contribution in [3.05, 3.63) is 58.6 Å². The summed E-state index contributed by atoms with van der Waals surface area (Å²) in [7, 11) is -3.98. The molecule has 2 fully saturated rings. The highest BCUT2D eigenvalue weighted by Crippen LogP contribution is 2.44. The van der Waals surface area contributed by atoms with Crippen molar-refractivity contribution < 1.29 is 13.2 Å². The molecule has 2 saturated carbocycles. The van der Waals surface area contributed by atoms with Crippen LogP contribution in [0.2, 0.25) is 10.0 Å². The smallest absolute Gasteiger partial charge is 0.264 e. The van der Waals surface area contributed by atoms with Crippen LogP contribution < -0.4 is 9.62 Å². The molecule has 0 unspecified atom stereocenters. The minimum Gasteiger partial charge on any atom is -0.352 e. The normalized spacial score (nSPS) is 23.2. The number of rotatable bonds is 6. The topological polar surface area (TPSA) is 66.5 Å². The average Bonchev–Trinajstić information content (AvgIpc) is 3.30. The molecule has 8 heteroatoms. The monoisotopic (exact) mass is 452 g/mol. The fraction of sp³-hybridized carbons (Fsp3) is 0.381. The van der Waals surface area contributed by atoms with Gasteiger partial charge in [0.15, 0.2) is 0 Å². The maximum Gasteiger partial charge on any atom is 0.264 e. The maximum atomic E-state index is 13.3. The molecule has 1 amide bonds. The van der Waals surface area contributed by atoms with Crippen molar-refractivity contribution in [1.82, 2.24) is 5.32 Å². The van der Waals surface area contributed by atoms with Gasteiger partial charge in [-0.15, -0.1) is 0 Å². The molecule has 2 aromatic carbocycles. The minimum absolute atomic E-state index is 0.0961. The van der Waals surface area contributed by atoms with Gasteiger partial charge in [-0.2, -0.15) is 0 Å². The van der Waals surface area contributed by atoms with Crippen LogP contribution in [0, 0.1) is 11.8 Å². The second-order valence-corrected chi connectivity index (χ2v) is 10.5. The summed E-state index contributed by atoms with van der Waals surface area (Å²) in [5.41, 5.74) is 0.225.